The van der Waals surface area contributed by atoms with E-state index in [0.717, 1.165) is 5.16 Å². The third-order valence-corrected chi connectivity index (χ3v) is 2.41. The van der Waals surface area contributed by atoms with E-state index in [-0.39, 0.29) is 0 Å². The summed E-state index contributed by atoms with van der Waals surface area (Å²) in [6.07, 6.45) is 3.40. The predicted octanol–water partition coefficient (Wildman–Crippen LogP) is 1.63. The van der Waals surface area contributed by atoms with E-state index in [1.54, 1.807) is 12.4 Å². The van der Waals surface area contributed by atoms with E-state index in [2.05, 4.69) is 9.97 Å². The van der Waals surface area contributed by atoms with Gasteiger partial charge in [-0.1, -0.05) is 11.8 Å². The minimum atomic E-state index is -0.440. The standard InChI is InChI=1S/C6H6ClN3S/c7-5(3-8)4-11-6-9-1-2-10-6/h1-2,5H,4H2,(H,9,10). The largest absolute Gasteiger partial charge is 0.340 e. The number of nitrogens with zero attached hydrogens (tertiary/aromatic N) is 2. The number of imidazole rings is 1. The Morgan fingerprint density at radius 1 is 1.91 bits per heavy atom. The molecule has 11 heavy (non-hydrogen) atoms. The topological polar surface area (TPSA) is 52.5 Å². The number of hydrogen-bond acceptors (Lipinski definition) is 3. The summed E-state index contributed by atoms with van der Waals surface area (Å²) in [6.45, 7) is 0. The third kappa shape index (κ3) is 2.83. The summed E-state index contributed by atoms with van der Waals surface area (Å²) in [5.74, 6) is 0.561. The van der Waals surface area contributed by atoms with Crippen LogP contribution in [0.4, 0.5) is 0 Å². The second-order valence-corrected chi connectivity index (χ2v) is 3.34. The molecule has 0 saturated heterocycles. The molecule has 1 unspecified atom stereocenters. The molecule has 0 bridgehead atoms. The first-order valence-corrected chi connectivity index (χ1v) is 4.41. The number of aromatic amines is 1. The number of alkyl halides is 1. The van der Waals surface area contributed by atoms with Crippen molar-refractivity contribution in [3.05, 3.63) is 12.4 Å². The van der Waals surface area contributed by atoms with Crippen molar-refractivity contribution in [3.63, 3.8) is 0 Å². The molecule has 5 heteroatoms. The Kier molecular flexibility index (Phi) is 3.27. The molecule has 1 aromatic rings. The molecule has 0 aromatic carbocycles. The number of nitriles is 1. The number of halogens is 1. The van der Waals surface area contributed by atoms with E-state index < -0.39 is 5.38 Å². The summed E-state index contributed by atoms with van der Waals surface area (Å²) in [5, 5.41) is 8.69. The van der Waals surface area contributed by atoms with E-state index >= 15 is 0 Å². The average molecular weight is 188 g/mol. The number of aromatic nitrogens is 2. The second kappa shape index (κ2) is 4.27. The highest BCUT2D eigenvalue weighted by Crippen LogP contribution is 2.14. The van der Waals surface area contributed by atoms with Crippen LogP contribution in [0.3, 0.4) is 0 Å². The van der Waals surface area contributed by atoms with Crippen molar-refractivity contribution in [2.24, 2.45) is 0 Å². The highest BCUT2D eigenvalue weighted by Gasteiger charge is 2.03. The number of nitrogens with one attached hydrogen (secondary N) is 1. The van der Waals surface area contributed by atoms with Crippen molar-refractivity contribution in [2.75, 3.05) is 5.75 Å². The summed E-state index contributed by atoms with van der Waals surface area (Å²) in [6, 6.07) is 1.93. The predicted molar refractivity (Wildman–Crippen MR) is 44.6 cm³/mol. The normalized spacial score (nSPS) is 12.4. The molecule has 1 aromatic heterocycles. The maximum absolute atomic E-state index is 8.34. The van der Waals surface area contributed by atoms with Crippen molar-refractivity contribution in [2.45, 2.75) is 10.5 Å². The van der Waals surface area contributed by atoms with Gasteiger partial charge in [0, 0.05) is 18.1 Å². The first kappa shape index (κ1) is 8.44. The fraction of sp³-hybridized carbons (Fsp3) is 0.333. The van der Waals surface area contributed by atoms with Crippen molar-refractivity contribution < 1.29 is 0 Å². The fourth-order valence-electron chi connectivity index (χ4n) is 0.519. The Bertz CT molecular complexity index is 241. The van der Waals surface area contributed by atoms with Gasteiger partial charge in [0.1, 0.15) is 5.38 Å². The second-order valence-electron chi connectivity index (χ2n) is 1.80. The van der Waals surface area contributed by atoms with E-state index in [9.17, 15) is 0 Å². The van der Waals surface area contributed by atoms with E-state index in [0.29, 0.717) is 5.75 Å². The molecule has 1 N–H and O–H groups in total. The molecule has 1 heterocycles. The van der Waals surface area contributed by atoms with E-state index in [1.165, 1.54) is 11.8 Å². The number of rotatable bonds is 3. The van der Waals surface area contributed by atoms with Crippen LogP contribution in [0.5, 0.6) is 0 Å². The van der Waals surface area contributed by atoms with Crippen LogP contribution in [0.25, 0.3) is 0 Å². The van der Waals surface area contributed by atoms with Gasteiger partial charge in [0.15, 0.2) is 5.16 Å². The molecule has 0 spiro atoms. The third-order valence-electron chi connectivity index (χ3n) is 0.980. The minimum Gasteiger partial charge on any atom is -0.340 e. The lowest BCUT2D eigenvalue weighted by Gasteiger charge is -1.95. The van der Waals surface area contributed by atoms with Gasteiger partial charge in [0.2, 0.25) is 0 Å². The number of thioether (sulfide) groups is 1. The lowest BCUT2D eigenvalue weighted by atomic mass is 10.5. The first-order valence-electron chi connectivity index (χ1n) is 2.99. The molecule has 1 atom stereocenters. The van der Waals surface area contributed by atoms with Crippen LogP contribution >= 0.6 is 23.4 Å². The van der Waals surface area contributed by atoms with Gasteiger partial charge in [-0.25, -0.2) is 4.98 Å². The summed E-state index contributed by atoms with van der Waals surface area (Å²) in [7, 11) is 0. The molecule has 58 valence electrons. The molecule has 0 aliphatic rings. The number of H-pyrrole nitrogens is 1. The lowest BCUT2D eigenvalue weighted by molar-refractivity contribution is 1.05. The van der Waals surface area contributed by atoms with Crippen molar-refractivity contribution in [1.82, 2.24) is 9.97 Å². The van der Waals surface area contributed by atoms with Gasteiger partial charge in [0.05, 0.1) is 6.07 Å². The van der Waals surface area contributed by atoms with Crippen molar-refractivity contribution in [1.29, 1.82) is 5.26 Å². The highest BCUT2D eigenvalue weighted by molar-refractivity contribution is 7.99. The van der Waals surface area contributed by atoms with Gasteiger partial charge in [-0.15, -0.1) is 11.6 Å². The molecule has 0 aliphatic heterocycles. The Labute approximate surface area is 73.8 Å². The van der Waals surface area contributed by atoms with Gasteiger partial charge in [-0.05, 0) is 0 Å². The highest BCUT2D eigenvalue weighted by atomic mass is 35.5. The zero-order valence-electron chi connectivity index (χ0n) is 5.62. The molecule has 0 saturated carbocycles. The minimum absolute atomic E-state index is 0.440. The number of hydrogen-bond donors (Lipinski definition) is 1. The Morgan fingerprint density at radius 2 is 2.73 bits per heavy atom. The zero-order valence-corrected chi connectivity index (χ0v) is 7.19. The quantitative estimate of drug-likeness (QED) is 0.578. The van der Waals surface area contributed by atoms with Crippen LogP contribution in [0, 0.1) is 11.3 Å². The SMILES string of the molecule is N#CC(Cl)CSc1ncc[nH]1. The van der Waals surface area contributed by atoms with Gasteiger partial charge >= 0.3 is 0 Å². The maximum Gasteiger partial charge on any atom is 0.165 e. The lowest BCUT2D eigenvalue weighted by Crippen LogP contribution is -1.97. The van der Waals surface area contributed by atoms with Gasteiger partial charge < -0.3 is 4.98 Å². The summed E-state index contributed by atoms with van der Waals surface area (Å²) in [4.78, 5) is 6.86. The smallest absolute Gasteiger partial charge is 0.165 e. The van der Waals surface area contributed by atoms with Gasteiger partial charge in [-0.2, -0.15) is 5.26 Å². The zero-order chi connectivity index (χ0) is 8.10. The van der Waals surface area contributed by atoms with Crippen LogP contribution in [0.15, 0.2) is 17.6 Å². The summed E-state index contributed by atoms with van der Waals surface area (Å²) >= 11 is 7.00. The van der Waals surface area contributed by atoms with E-state index in [4.69, 9.17) is 16.9 Å². The van der Waals surface area contributed by atoms with Gasteiger partial charge in [-0.3, -0.25) is 0 Å². The first-order chi connectivity index (χ1) is 5.33. The Balaban J connectivity index is 2.30. The summed E-state index contributed by atoms with van der Waals surface area (Å²) < 4.78 is 0. The Hall–Kier alpha value is -0.660. The van der Waals surface area contributed by atoms with Crippen LogP contribution in [0.1, 0.15) is 0 Å². The molecular formula is C6H6ClN3S. The van der Waals surface area contributed by atoms with Crippen molar-refractivity contribution >= 4 is 23.4 Å². The molecular weight excluding hydrogens is 182 g/mol. The van der Waals surface area contributed by atoms with E-state index in [1.807, 2.05) is 6.07 Å². The molecule has 0 aliphatic carbocycles. The summed E-state index contributed by atoms with van der Waals surface area (Å²) in [5.41, 5.74) is 0. The average Bonchev–Trinajstić information content (AvgIpc) is 2.52. The molecule has 0 radical (unpaired) electrons. The van der Waals surface area contributed by atoms with Crippen molar-refractivity contribution in [3.8, 4) is 6.07 Å². The van der Waals surface area contributed by atoms with Gasteiger partial charge in [0.25, 0.3) is 0 Å². The fourth-order valence-corrected chi connectivity index (χ4v) is 1.37. The molecule has 0 amide bonds. The molecule has 3 nitrogen and oxygen atoms in total. The maximum atomic E-state index is 8.34. The van der Waals surface area contributed by atoms with Crippen LogP contribution in [-0.4, -0.2) is 21.1 Å². The molecule has 0 fully saturated rings. The van der Waals surface area contributed by atoms with Crippen LogP contribution in [0.2, 0.25) is 0 Å². The van der Waals surface area contributed by atoms with Crippen LogP contribution in [-0.2, 0) is 0 Å². The monoisotopic (exact) mass is 187 g/mol. The Morgan fingerprint density at radius 3 is 3.27 bits per heavy atom. The molecule has 1 rings (SSSR count). The van der Waals surface area contributed by atoms with Crippen LogP contribution < -0.4 is 0 Å².